The molecule has 202 valence electrons. The van der Waals surface area contributed by atoms with Gasteiger partial charge >= 0.3 is 11.9 Å². The molecule has 0 unspecified atom stereocenters. The van der Waals surface area contributed by atoms with Crippen molar-refractivity contribution >= 4 is 29.1 Å². The fourth-order valence-corrected chi connectivity index (χ4v) is 6.30. The normalized spacial score (nSPS) is 21.1. The van der Waals surface area contributed by atoms with Crippen LogP contribution in [0.15, 0.2) is 64.3 Å². The van der Waals surface area contributed by atoms with Crippen molar-refractivity contribution in [3.63, 3.8) is 0 Å². The van der Waals surface area contributed by atoms with Crippen LogP contribution in [0, 0.1) is 5.92 Å². The first-order chi connectivity index (χ1) is 18.5. The highest BCUT2D eigenvalue weighted by molar-refractivity contribution is 7.10. The van der Waals surface area contributed by atoms with Crippen LogP contribution in [0.1, 0.15) is 69.2 Å². The lowest BCUT2D eigenvalue weighted by Gasteiger charge is -2.40. The van der Waals surface area contributed by atoms with Gasteiger partial charge in [-0.25, -0.2) is 4.79 Å². The lowest BCUT2D eigenvalue weighted by Crippen LogP contribution is -2.43. The van der Waals surface area contributed by atoms with Gasteiger partial charge in [0.2, 0.25) is 0 Å². The van der Waals surface area contributed by atoms with E-state index in [-0.39, 0.29) is 24.9 Å². The summed E-state index contributed by atoms with van der Waals surface area (Å²) in [6.07, 6.45) is 1.85. The minimum atomic E-state index is -1.01. The lowest BCUT2D eigenvalue weighted by molar-refractivity contribution is -0.152. The van der Waals surface area contributed by atoms with E-state index >= 15 is 0 Å². The van der Waals surface area contributed by atoms with Gasteiger partial charge < -0.3 is 19.5 Å². The summed E-state index contributed by atoms with van der Waals surface area (Å²) in [4.78, 5) is 42.1. The van der Waals surface area contributed by atoms with Crippen molar-refractivity contribution in [2.24, 2.45) is 5.92 Å². The Hall–Kier alpha value is -3.39. The molecule has 0 saturated heterocycles. The highest BCUT2D eigenvalue weighted by atomic mass is 32.1. The molecule has 2 aliphatic rings. The predicted octanol–water partition coefficient (Wildman–Crippen LogP) is 5.64. The number of dihydropyridines is 1. The number of esters is 2. The van der Waals surface area contributed by atoms with E-state index in [1.165, 1.54) is 11.3 Å². The topological polar surface area (TPSA) is 90.9 Å². The Bertz CT molecular complexity index is 1250. The number of ketones is 1. The number of benzene rings is 1. The van der Waals surface area contributed by atoms with Crippen LogP contribution in [-0.2, 0) is 23.9 Å². The molecule has 1 aromatic heterocycles. The first-order valence-corrected chi connectivity index (χ1v) is 14.2. The Labute approximate surface area is 227 Å². The summed E-state index contributed by atoms with van der Waals surface area (Å²) in [7, 11) is 0. The van der Waals surface area contributed by atoms with Crippen LogP contribution in [0.2, 0.25) is 0 Å². The number of nitrogens with one attached hydrogen (secondary N) is 1. The minimum Gasteiger partial charge on any atom is -0.494 e. The van der Waals surface area contributed by atoms with Crippen molar-refractivity contribution < 1.29 is 28.6 Å². The van der Waals surface area contributed by atoms with E-state index in [4.69, 9.17) is 14.2 Å². The maximum Gasteiger partial charge on any atom is 0.336 e. The van der Waals surface area contributed by atoms with E-state index in [0.717, 1.165) is 22.7 Å². The first kappa shape index (κ1) is 27.6. The second-order valence-corrected chi connectivity index (χ2v) is 10.2. The van der Waals surface area contributed by atoms with Crippen molar-refractivity contribution in [3.8, 4) is 5.75 Å². The number of para-hydroxylation sites is 1. The molecule has 2 aromatic rings. The molecule has 0 saturated carbocycles. The summed E-state index contributed by atoms with van der Waals surface area (Å²) in [5.74, 6) is -2.86. The van der Waals surface area contributed by atoms with Crippen LogP contribution in [0.25, 0.3) is 0 Å². The minimum absolute atomic E-state index is 0.176. The molecule has 0 spiro atoms. The van der Waals surface area contributed by atoms with Gasteiger partial charge in [0.1, 0.15) is 11.7 Å². The molecule has 38 heavy (non-hydrogen) atoms. The third kappa shape index (κ3) is 5.27. The van der Waals surface area contributed by atoms with Crippen LogP contribution in [-0.4, -0.2) is 37.5 Å². The second kappa shape index (κ2) is 12.4. The van der Waals surface area contributed by atoms with E-state index in [9.17, 15) is 14.4 Å². The van der Waals surface area contributed by atoms with Crippen molar-refractivity contribution in [2.45, 2.75) is 58.8 Å². The van der Waals surface area contributed by atoms with Crippen LogP contribution in [0.3, 0.4) is 0 Å². The molecule has 0 bridgehead atoms. The monoisotopic (exact) mass is 537 g/mol. The molecular weight excluding hydrogens is 502 g/mol. The van der Waals surface area contributed by atoms with Crippen LogP contribution < -0.4 is 10.1 Å². The zero-order chi connectivity index (χ0) is 27.2. The summed E-state index contributed by atoms with van der Waals surface area (Å²) in [6, 6.07) is 11.3. The summed E-state index contributed by atoms with van der Waals surface area (Å²) >= 11 is 1.52. The Morgan fingerprint density at radius 2 is 1.76 bits per heavy atom. The van der Waals surface area contributed by atoms with Crippen molar-refractivity contribution in [1.29, 1.82) is 0 Å². The average Bonchev–Trinajstić information content (AvgIpc) is 3.44. The highest BCUT2D eigenvalue weighted by Gasteiger charge is 2.50. The van der Waals surface area contributed by atoms with E-state index in [0.29, 0.717) is 41.9 Å². The molecule has 1 aromatic carbocycles. The molecule has 0 amide bonds. The van der Waals surface area contributed by atoms with Gasteiger partial charge in [0.15, 0.2) is 5.78 Å². The Kier molecular flexibility index (Phi) is 9.05. The standard InChI is InChI=1S/C30H35NO6S/c1-5-12-20-27(30(34)37-8-4)24(18-13-9-10-14-22(18)35-6-2)26-21(31-20)17-19(23-15-11-16-38-23)25(28(26)32)29(33)36-7-3/h9-11,13-16,19,24-25,31H,5-8,12,17H2,1-4H3/t19-,24+,25+/m1/s1. The second-order valence-electron chi connectivity index (χ2n) is 9.20. The van der Waals surface area contributed by atoms with Gasteiger partial charge in [-0.15, -0.1) is 11.3 Å². The molecule has 1 aliphatic heterocycles. The number of ether oxygens (including phenoxy) is 3. The lowest BCUT2D eigenvalue weighted by atomic mass is 9.68. The van der Waals surface area contributed by atoms with Crippen LogP contribution in [0.4, 0.5) is 0 Å². The van der Waals surface area contributed by atoms with E-state index in [1.807, 2.05) is 55.6 Å². The van der Waals surface area contributed by atoms with Crippen LogP contribution >= 0.6 is 11.3 Å². The van der Waals surface area contributed by atoms with E-state index in [1.54, 1.807) is 13.8 Å². The van der Waals surface area contributed by atoms with Crippen molar-refractivity contribution in [2.75, 3.05) is 19.8 Å². The molecule has 8 heteroatoms. The zero-order valence-corrected chi connectivity index (χ0v) is 23.2. The number of hydrogen-bond donors (Lipinski definition) is 1. The Morgan fingerprint density at radius 1 is 1.00 bits per heavy atom. The van der Waals surface area contributed by atoms with E-state index < -0.39 is 23.8 Å². The number of allylic oxidation sites excluding steroid dienone is 3. The molecule has 2 heterocycles. The summed E-state index contributed by atoms with van der Waals surface area (Å²) < 4.78 is 16.9. The van der Waals surface area contributed by atoms with Gasteiger partial charge in [0.05, 0.1) is 31.3 Å². The summed E-state index contributed by atoms with van der Waals surface area (Å²) in [6.45, 7) is 8.23. The number of thiophene rings is 1. The van der Waals surface area contributed by atoms with Gasteiger partial charge in [-0.3, -0.25) is 9.59 Å². The van der Waals surface area contributed by atoms with Crippen molar-refractivity contribution in [3.05, 3.63) is 74.8 Å². The fourth-order valence-electron chi connectivity index (χ4n) is 5.43. The third-order valence-corrected chi connectivity index (χ3v) is 7.88. The molecule has 3 atom stereocenters. The number of carbonyl (C=O) groups excluding carboxylic acids is 3. The van der Waals surface area contributed by atoms with Gasteiger partial charge in [-0.2, -0.15) is 0 Å². The third-order valence-electron chi connectivity index (χ3n) is 6.88. The largest absolute Gasteiger partial charge is 0.494 e. The molecule has 4 rings (SSSR count). The average molecular weight is 538 g/mol. The zero-order valence-electron chi connectivity index (χ0n) is 22.4. The summed E-state index contributed by atoms with van der Waals surface area (Å²) in [5, 5.41) is 5.41. The summed E-state index contributed by atoms with van der Waals surface area (Å²) in [5.41, 5.74) is 2.98. The maximum atomic E-state index is 14.4. The van der Waals surface area contributed by atoms with Gasteiger partial charge in [0, 0.05) is 33.3 Å². The Balaban J connectivity index is 1.96. The number of Topliss-reactive ketones (excluding diaryl/α,β-unsaturated/α-hetero) is 1. The van der Waals surface area contributed by atoms with Crippen molar-refractivity contribution in [1.82, 2.24) is 5.32 Å². The van der Waals surface area contributed by atoms with Gasteiger partial charge in [-0.05, 0) is 51.1 Å². The number of hydrogen-bond acceptors (Lipinski definition) is 8. The SMILES string of the molecule is CCCC1=C(C(=O)OCC)[C@@H](c2ccccc2OCC)C2=C(C[C@H](c3cccs3)[C@H](C(=O)OCC)C2=O)N1. The highest BCUT2D eigenvalue weighted by Crippen LogP contribution is 2.50. The molecule has 7 nitrogen and oxygen atoms in total. The van der Waals surface area contributed by atoms with Crippen LogP contribution in [0.5, 0.6) is 5.75 Å². The Morgan fingerprint density at radius 3 is 2.42 bits per heavy atom. The molecule has 1 aliphatic carbocycles. The molecular formula is C30H35NO6S. The van der Waals surface area contributed by atoms with Gasteiger partial charge in [-0.1, -0.05) is 37.6 Å². The molecule has 0 radical (unpaired) electrons. The van der Waals surface area contributed by atoms with Gasteiger partial charge in [0.25, 0.3) is 0 Å². The van der Waals surface area contributed by atoms with E-state index in [2.05, 4.69) is 5.32 Å². The first-order valence-electron chi connectivity index (χ1n) is 13.3. The smallest absolute Gasteiger partial charge is 0.336 e. The number of carbonyl (C=O) groups is 3. The fraction of sp³-hybridized carbons (Fsp3) is 0.433. The predicted molar refractivity (Wildman–Crippen MR) is 146 cm³/mol. The number of rotatable bonds is 10. The maximum absolute atomic E-state index is 14.4. The molecule has 0 fully saturated rings. The quantitative estimate of drug-likeness (QED) is 0.310. The molecule has 1 N–H and O–H groups in total.